The van der Waals surface area contributed by atoms with Crippen LogP contribution in [0, 0.1) is 0 Å². The molecule has 0 radical (unpaired) electrons. The molecule has 0 bridgehead atoms. The Kier molecular flexibility index (Phi) is 9.55. The van der Waals surface area contributed by atoms with Gasteiger partial charge in [0.25, 0.3) is 11.8 Å². The minimum absolute atomic E-state index is 0.177. The smallest absolute Gasteiger partial charge is 0.251 e. The molecule has 7 heteroatoms. The molecule has 1 aliphatic rings. The highest BCUT2D eigenvalue weighted by Crippen LogP contribution is 2.27. The third-order valence-corrected chi connectivity index (χ3v) is 8.93. The summed E-state index contributed by atoms with van der Waals surface area (Å²) in [6.45, 7) is 7.54. The van der Waals surface area contributed by atoms with Crippen molar-refractivity contribution in [1.82, 2.24) is 15.5 Å². The number of hydrogen-bond donors (Lipinski definition) is 3. The number of aliphatic hydroxyl groups excluding tert-OH is 1. The molecular formula is C36H41N3O3S. The molecule has 2 amide bonds. The molecule has 43 heavy (non-hydrogen) atoms. The van der Waals surface area contributed by atoms with Gasteiger partial charge in [-0.15, -0.1) is 11.8 Å². The zero-order valence-corrected chi connectivity index (χ0v) is 26.2. The van der Waals surface area contributed by atoms with Crippen LogP contribution in [0.5, 0.6) is 0 Å². The SMILES string of the molecule is CN1CCc2c(cccc2C(=O)N[C@@H](CSc2ccc3ccccc3c2)[C@H](O)Cc2ccccc2C(=O)NC(C)(C)C)C1. The average Bonchev–Trinajstić information content (AvgIpc) is 2.97. The van der Waals surface area contributed by atoms with E-state index in [1.54, 1.807) is 17.8 Å². The van der Waals surface area contributed by atoms with E-state index >= 15 is 0 Å². The molecular weight excluding hydrogens is 554 g/mol. The third kappa shape index (κ3) is 7.85. The van der Waals surface area contributed by atoms with Gasteiger partial charge in [0.15, 0.2) is 0 Å². The minimum Gasteiger partial charge on any atom is -0.391 e. The van der Waals surface area contributed by atoms with Crippen LogP contribution in [0.15, 0.2) is 89.8 Å². The molecule has 3 N–H and O–H groups in total. The molecule has 5 rings (SSSR count). The number of hydrogen-bond acceptors (Lipinski definition) is 5. The van der Waals surface area contributed by atoms with Crippen LogP contribution >= 0.6 is 11.8 Å². The molecule has 4 aromatic carbocycles. The Balaban J connectivity index is 1.39. The zero-order chi connectivity index (χ0) is 30.6. The van der Waals surface area contributed by atoms with Gasteiger partial charge in [-0.25, -0.2) is 0 Å². The number of carbonyl (C=O) groups is 2. The molecule has 0 aromatic heterocycles. The summed E-state index contributed by atoms with van der Waals surface area (Å²) in [5, 5.41) is 20.2. The number of thioether (sulfide) groups is 1. The summed E-state index contributed by atoms with van der Waals surface area (Å²) in [6.07, 6.45) is 0.130. The number of benzene rings is 4. The van der Waals surface area contributed by atoms with Crippen LogP contribution in [0.25, 0.3) is 10.8 Å². The molecule has 1 aliphatic heterocycles. The lowest BCUT2D eigenvalue weighted by Gasteiger charge is -2.28. The Morgan fingerprint density at radius 1 is 0.907 bits per heavy atom. The summed E-state index contributed by atoms with van der Waals surface area (Å²) in [6, 6.07) is 27.3. The fourth-order valence-corrected chi connectivity index (χ4v) is 6.65. The molecule has 6 nitrogen and oxygen atoms in total. The largest absolute Gasteiger partial charge is 0.391 e. The summed E-state index contributed by atoms with van der Waals surface area (Å²) in [5.41, 5.74) is 3.81. The number of fused-ring (bicyclic) bond motifs is 2. The van der Waals surface area contributed by atoms with E-state index in [2.05, 4.69) is 59.0 Å². The van der Waals surface area contributed by atoms with Gasteiger partial charge in [-0.3, -0.25) is 9.59 Å². The highest BCUT2D eigenvalue weighted by molar-refractivity contribution is 7.99. The zero-order valence-electron chi connectivity index (χ0n) is 25.4. The van der Waals surface area contributed by atoms with Crippen molar-refractivity contribution in [2.24, 2.45) is 0 Å². The van der Waals surface area contributed by atoms with Crippen LogP contribution in [0.3, 0.4) is 0 Å². The van der Waals surface area contributed by atoms with Crippen molar-refractivity contribution in [1.29, 1.82) is 0 Å². The standard InChI is InChI=1S/C36H41N3O3S/c1-36(2,3)38-35(42)30-14-8-7-12-26(30)21-33(40)32(23-43-28-17-16-24-10-5-6-11-25(24)20-28)37-34(41)31-15-9-13-27-22-39(4)19-18-29(27)31/h5-17,20,32-33,40H,18-19,21-23H2,1-4H3,(H,37,41)(H,38,42)/t32-,33+/m0/s1. The minimum atomic E-state index is -0.911. The number of nitrogens with zero attached hydrogens (tertiary/aromatic N) is 1. The topological polar surface area (TPSA) is 81.7 Å². The van der Waals surface area contributed by atoms with Crippen molar-refractivity contribution in [3.05, 3.63) is 113 Å². The van der Waals surface area contributed by atoms with Gasteiger partial charge in [-0.1, -0.05) is 60.7 Å². The number of carbonyl (C=O) groups excluding carboxylic acids is 2. The first-order chi connectivity index (χ1) is 20.6. The lowest BCUT2D eigenvalue weighted by atomic mass is 9.93. The molecule has 0 fully saturated rings. The van der Waals surface area contributed by atoms with E-state index in [0.29, 0.717) is 16.9 Å². The fraction of sp³-hybridized carbons (Fsp3) is 0.333. The molecule has 224 valence electrons. The first-order valence-corrected chi connectivity index (χ1v) is 15.9. The number of likely N-dealkylation sites (N-methyl/N-ethyl adjacent to an activating group) is 1. The lowest BCUT2D eigenvalue weighted by Crippen LogP contribution is -2.47. The van der Waals surface area contributed by atoms with Crippen molar-refractivity contribution in [2.75, 3.05) is 19.3 Å². The lowest BCUT2D eigenvalue weighted by molar-refractivity contribution is 0.0848. The van der Waals surface area contributed by atoms with Crippen LogP contribution < -0.4 is 10.6 Å². The third-order valence-electron chi connectivity index (χ3n) is 7.81. The van der Waals surface area contributed by atoms with E-state index in [9.17, 15) is 14.7 Å². The summed E-state index contributed by atoms with van der Waals surface area (Å²) in [7, 11) is 2.09. The number of aliphatic hydroxyl groups is 1. The summed E-state index contributed by atoms with van der Waals surface area (Å²) in [5.74, 6) is 0.116. The second-order valence-electron chi connectivity index (χ2n) is 12.5. The van der Waals surface area contributed by atoms with Gasteiger partial charge >= 0.3 is 0 Å². The first-order valence-electron chi connectivity index (χ1n) is 14.9. The normalized spacial score (nSPS) is 15.0. The van der Waals surface area contributed by atoms with Crippen molar-refractivity contribution in [3.63, 3.8) is 0 Å². The van der Waals surface area contributed by atoms with Crippen LogP contribution in [0.2, 0.25) is 0 Å². The van der Waals surface area contributed by atoms with E-state index in [1.807, 2.05) is 63.2 Å². The molecule has 4 aromatic rings. The quantitative estimate of drug-likeness (QED) is 0.212. The predicted octanol–water partition coefficient (Wildman–Crippen LogP) is 5.85. The van der Waals surface area contributed by atoms with Crippen molar-refractivity contribution in [3.8, 4) is 0 Å². The fourth-order valence-electron chi connectivity index (χ4n) is 5.60. The second kappa shape index (κ2) is 13.3. The molecule has 0 unspecified atom stereocenters. The van der Waals surface area contributed by atoms with Gasteiger partial charge in [-0.2, -0.15) is 0 Å². The van der Waals surface area contributed by atoms with Crippen LogP contribution in [-0.2, 0) is 19.4 Å². The van der Waals surface area contributed by atoms with Crippen molar-refractivity contribution < 1.29 is 14.7 Å². The Morgan fingerprint density at radius 3 is 2.42 bits per heavy atom. The van der Waals surface area contributed by atoms with Crippen LogP contribution in [-0.4, -0.2) is 58.9 Å². The highest BCUT2D eigenvalue weighted by Gasteiger charge is 2.27. The first kappa shape index (κ1) is 30.8. The Hall–Kier alpha value is -3.65. The average molecular weight is 596 g/mol. The monoisotopic (exact) mass is 595 g/mol. The van der Waals surface area contributed by atoms with E-state index in [1.165, 1.54) is 10.9 Å². The van der Waals surface area contributed by atoms with Crippen LogP contribution in [0.4, 0.5) is 0 Å². The van der Waals surface area contributed by atoms with Gasteiger partial charge in [0.2, 0.25) is 0 Å². The van der Waals surface area contributed by atoms with Gasteiger partial charge in [0.05, 0.1) is 12.1 Å². The Labute approximate surface area is 258 Å². The molecule has 0 aliphatic carbocycles. The van der Waals surface area contributed by atoms with E-state index in [-0.39, 0.29) is 23.8 Å². The maximum absolute atomic E-state index is 13.8. The summed E-state index contributed by atoms with van der Waals surface area (Å²) in [4.78, 5) is 30.2. The molecule has 2 atom stereocenters. The molecule has 0 saturated heterocycles. The van der Waals surface area contributed by atoms with E-state index in [4.69, 9.17) is 0 Å². The second-order valence-corrected chi connectivity index (χ2v) is 13.6. The summed E-state index contributed by atoms with van der Waals surface area (Å²) < 4.78 is 0. The summed E-state index contributed by atoms with van der Waals surface area (Å²) >= 11 is 1.61. The van der Waals surface area contributed by atoms with Gasteiger partial charge < -0.3 is 20.6 Å². The maximum Gasteiger partial charge on any atom is 0.251 e. The van der Waals surface area contributed by atoms with Gasteiger partial charge in [0.1, 0.15) is 0 Å². The Bertz CT molecular complexity index is 1610. The van der Waals surface area contributed by atoms with Crippen LogP contribution in [0.1, 0.15) is 58.2 Å². The predicted molar refractivity (Wildman–Crippen MR) is 176 cm³/mol. The van der Waals surface area contributed by atoms with E-state index in [0.717, 1.165) is 40.9 Å². The highest BCUT2D eigenvalue weighted by atomic mass is 32.2. The number of nitrogens with one attached hydrogen (secondary N) is 2. The number of amides is 2. The molecule has 1 heterocycles. The molecule has 0 spiro atoms. The van der Waals surface area contributed by atoms with E-state index < -0.39 is 12.1 Å². The van der Waals surface area contributed by atoms with Crippen molar-refractivity contribution in [2.45, 2.75) is 62.7 Å². The maximum atomic E-state index is 13.8. The Morgan fingerprint density at radius 2 is 1.63 bits per heavy atom. The van der Waals surface area contributed by atoms with Gasteiger partial charge in [0, 0.05) is 46.8 Å². The van der Waals surface area contributed by atoms with Gasteiger partial charge in [-0.05, 0) is 86.0 Å². The number of rotatable bonds is 9. The molecule has 0 saturated carbocycles. The van der Waals surface area contributed by atoms with Crippen molar-refractivity contribution >= 4 is 34.3 Å².